The van der Waals surface area contributed by atoms with Gasteiger partial charge in [-0.1, -0.05) is 0 Å². The molecule has 2 N–H and O–H groups in total. The Morgan fingerprint density at radius 3 is 2.74 bits per heavy atom. The van der Waals surface area contributed by atoms with Crippen molar-refractivity contribution in [1.82, 2.24) is 15.0 Å². The molecule has 8 nitrogen and oxygen atoms in total. The van der Waals surface area contributed by atoms with Crippen molar-refractivity contribution in [2.75, 3.05) is 18.6 Å². The van der Waals surface area contributed by atoms with E-state index in [-0.39, 0.29) is 18.6 Å². The standard InChI is InChI=1S/C10H15N4O4P/c1-14(10-12-5-11-6-13-10)8-2-7(4-15)9(3-8)18-19(16)17/h5-9,15H,2-4H2,1H3/p+1/t7-,8-,9+/m1/s1. The zero-order chi connectivity index (χ0) is 13.8. The molecule has 1 aliphatic carbocycles. The summed E-state index contributed by atoms with van der Waals surface area (Å²) in [6.07, 6.45) is 3.61. The van der Waals surface area contributed by atoms with Crippen molar-refractivity contribution in [1.29, 1.82) is 0 Å². The first kappa shape index (κ1) is 14.2. The van der Waals surface area contributed by atoms with Gasteiger partial charge < -0.3 is 10.0 Å². The first-order valence-corrected chi connectivity index (χ1v) is 7.03. The Balaban J connectivity index is 2.04. The summed E-state index contributed by atoms with van der Waals surface area (Å²) >= 11 is 0. The van der Waals surface area contributed by atoms with Crippen LogP contribution >= 0.6 is 8.25 Å². The molecule has 1 heterocycles. The van der Waals surface area contributed by atoms with Crippen LogP contribution in [0.3, 0.4) is 0 Å². The lowest BCUT2D eigenvalue weighted by atomic mass is 10.1. The molecule has 0 amide bonds. The van der Waals surface area contributed by atoms with Crippen molar-refractivity contribution >= 4 is 14.2 Å². The fraction of sp³-hybridized carbons (Fsp3) is 0.700. The first-order valence-electron chi connectivity index (χ1n) is 5.90. The number of hydrogen-bond acceptors (Lipinski definition) is 7. The zero-order valence-corrected chi connectivity index (χ0v) is 11.3. The Morgan fingerprint density at radius 2 is 2.16 bits per heavy atom. The third-order valence-electron chi connectivity index (χ3n) is 3.41. The molecule has 0 spiro atoms. The monoisotopic (exact) mass is 287 g/mol. The van der Waals surface area contributed by atoms with Gasteiger partial charge in [-0.15, -0.1) is 9.42 Å². The number of hydrogen-bond donors (Lipinski definition) is 2. The van der Waals surface area contributed by atoms with E-state index in [0.717, 1.165) is 0 Å². The average Bonchev–Trinajstić information content (AvgIpc) is 2.81. The van der Waals surface area contributed by atoms with Crippen molar-refractivity contribution in [3.05, 3.63) is 12.7 Å². The Hall–Kier alpha value is -1.21. The first-order chi connectivity index (χ1) is 9.11. The fourth-order valence-corrected chi connectivity index (χ4v) is 2.88. The number of rotatable bonds is 5. The predicted molar refractivity (Wildman–Crippen MR) is 66.5 cm³/mol. The highest BCUT2D eigenvalue weighted by atomic mass is 31.1. The van der Waals surface area contributed by atoms with Gasteiger partial charge in [0.15, 0.2) is 0 Å². The topological polar surface area (TPSA) is 109 Å². The lowest BCUT2D eigenvalue weighted by Crippen LogP contribution is -2.31. The molecular formula is C10H16N4O4P+. The number of aromatic nitrogens is 3. The maximum atomic E-state index is 10.8. The van der Waals surface area contributed by atoms with Crippen LogP contribution in [-0.4, -0.2) is 50.8 Å². The summed E-state index contributed by atoms with van der Waals surface area (Å²) in [6.45, 7) is -0.0740. The van der Waals surface area contributed by atoms with Crippen LogP contribution in [0, 0.1) is 5.92 Å². The largest absolute Gasteiger partial charge is 0.695 e. The molecule has 2 rings (SSSR count). The number of aliphatic hydroxyl groups excluding tert-OH is 1. The van der Waals surface area contributed by atoms with Gasteiger partial charge in [0.05, 0.1) is 0 Å². The summed E-state index contributed by atoms with van der Waals surface area (Å²) in [5, 5.41) is 9.30. The van der Waals surface area contributed by atoms with Gasteiger partial charge in [-0.05, 0) is 12.8 Å². The van der Waals surface area contributed by atoms with Crippen LogP contribution in [0.1, 0.15) is 12.8 Å². The van der Waals surface area contributed by atoms with Gasteiger partial charge in [-0.2, -0.15) is 0 Å². The van der Waals surface area contributed by atoms with Crippen LogP contribution in [0.25, 0.3) is 0 Å². The molecule has 4 atom stereocenters. The van der Waals surface area contributed by atoms with Crippen LogP contribution < -0.4 is 4.90 Å². The fourth-order valence-electron chi connectivity index (χ4n) is 2.39. The predicted octanol–water partition coefficient (Wildman–Crippen LogP) is 0.114. The summed E-state index contributed by atoms with van der Waals surface area (Å²) in [7, 11) is -0.814. The van der Waals surface area contributed by atoms with E-state index in [1.807, 2.05) is 11.9 Å². The normalized spacial score (nSPS) is 27.3. The van der Waals surface area contributed by atoms with Crippen LogP contribution in [-0.2, 0) is 9.09 Å². The van der Waals surface area contributed by atoms with Crippen molar-refractivity contribution in [2.24, 2.45) is 5.92 Å². The Morgan fingerprint density at radius 1 is 1.47 bits per heavy atom. The van der Waals surface area contributed by atoms with E-state index in [0.29, 0.717) is 18.8 Å². The van der Waals surface area contributed by atoms with Gasteiger partial charge >= 0.3 is 8.25 Å². The SMILES string of the molecule is CN(c1ncncn1)[C@@H]1C[C@H](CO)[C@@H](O[P+](=O)O)C1. The third-order valence-corrected chi connectivity index (χ3v) is 3.86. The summed E-state index contributed by atoms with van der Waals surface area (Å²) in [4.78, 5) is 22.6. The number of anilines is 1. The highest BCUT2D eigenvalue weighted by molar-refractivity contribution is 7.32. The van der Waals surface area contributed by atoms with Crippen molar-refractivity contribution in [3.63, 3.8) is 0 Å². The van der Waals surface area contributed by atoms with Gasteiger partial charge in [0, 0.05) is 30.2 Å². The Labute approximate surface area is 111 Å². The molecule has 9 heteroatoms. The minimum absolute atomic E-state index is 0.0551. The highest BCUT2D eigenvalue weighted by Gasteiger charge is 2.41. The summed E-state index contributed by atoms with van der Waals surface area (Å²) < 4.78 is 15.7. The van der Waals surface area contributed by atoms with E-state index in [1.165, 1.54) is 12.7 Å². The van der Waals surface area contributed by atoms with Gasteiger partial charge in [0.1, 0.15) is 18.8 Å². The van der Waals surface area contributed by atoms with E-state index in [1.54, 1.807) is 0 Å². The molecule has 0 radical (unpaired) electrons. The minimum atomic E-state index is -2.66. The van der Waals surface area contributed by atoms with Crippen molar-refractivity contribution < 1.29 is 19.1 Å². The van der Waals surface area contributed by atoms with E-state index in [2.05, 4.69) is 15.0 Å². The highest BCUT2D eigenvalue weighted by Crippen LogP contribution is 2.36. The zero-order valence-electron chi connectivity index (χ0n) is 10.5. The van der Waals surface area contributed by atoms with Crippen molar-refractivity contribution in [2.45, 2.75) is 25.0 Å². The molecule has 0 saturated heterocycles. The maximum absolute atomic E-state index is 10.8. The van der Waals surface area contributed by atoms with E-state index in [9.17, 15) is 9.67 Å². The summed E-state index contributed by atoms with van der Waals surface area (Å²) in [5.74, 6) is 0.381. The molecular weight excluding hydrogens is 271 g/mol. The molecule has 1 aliphatic rings. The quantitative estimate of drug-likeness (QED) is 0.735. The number of nitrogens with zero attached hydrogens (tertiary/aromatic N) is 4. The van der Waals surface area contributed by atoms with Crippen LogP contribution in [0.5, 0.6) is 0 Å². The number of aliphatic hydroxyl groups is 1. The maximum Gasteiger partial charge on any atom is 0.695 e. The molecule has 0 bridgehead atoms. The average molecular weight is 287 g/mol. The van der Waals surface area contributed by atoms with E-state index < -0.39 is 14.4 Å². The van der Waals surface area contributed by atoms with Gasteiger partial charge in [0.25, 0.3) is 0 Å². The molecule has 104 valence electrons. The lowest BCUT2D eigenvalue weighted by Gasteiger charge is -2.23. The smallest absolute Gasteiger partial charge is 0.396 e. The Bertz CT molecular complexity index is 435. The van der Waals surface area contributed by atoms with Crippen LogP contribution in [0.4, 0.5) is 5.95 Å². The second-order valence-electron chi connectivity index (χ2n) is 4.50. The van der Waals surface area contributed by atoms with E-state index >= 15 is 0 Å². The van der Waals surface area contributed by atoms with E-state index in [4.69, 9.17) is 9.42 Å². The lowest BCUT2D eigenvalue weighted by molar-refractivity contribution is 0.106. The summed E-state index contributed by atoms with van der Waals surface area (Å²) in [6, 6.07) is 0.0551. The summed E-state index contributed by atoms with van der Waals surface area (Å²) in [5.41, 5.74) is 0. The molecule has 1 fully saturated rings. The molecule has 1 unspecified atom stereocenters. The van der Waals surface area contributed by atoms with Crippen LogP contribution in [0.2, 0.25) is 0 Å². The second-order valence-corrected chi connectivity index (χ2v) is 5.19. The van der Waals surface area contributed by atoms with Gasteiger partial charge in [-0.25, -0.2) is 15.0 Å². The van der Waals surface area contributed by atoms with Gasteiger partial charge in [0.2, 0.25) is 5.95 Å². The molecule has 1 aromatic rings. The van der Waals surface area contributed by atoms with Crippen molar-refractivity contribution in [3.8, 4) is 0 Å². The third kappa shape index (κ3) is 3.42. The molecule has 19 heavy (non-hydrogen) atoms. The molecule has 1 aromatic heterocycles. The minimum Gasteiger partial charge on any atom is -0.396 e. The molecule has 1 saturated carbocycles. The van der Waals surface area contributed by atoms with Gasteiger partial charge in [-0.3, -0.25) is 0 Å². The molecule has 0 aromatic carbocycles. The van der Waals surface area contributed by atoms with Crippen LogP contribution in [0.15, 0.2) is 12.7 Å². The Kier molecular flexibility index (Phi) is 4.71. The second kappa shape index (κ2) is 6.29. The molecule has 0 aliphatic heterocycles.